The highest BCUT2D eigenvalue weighted by Gasteiger charge is 2.31. The molecule has 0 saturated carbocycles. The summed E-state index contributed by atoms with van der Waals surface area (Å²) in [5.74, 6) is -1.30. The van der Waals surface area contributed by atoms with E-state index < -0.39 is 30.0 Å². The first-order valence-electron chi connectivity index (χ1n) is 7.21. The second kappa shape index (κ2) is 7.67. The van der Waals surface area contributed by atoms with E-state index >= 15 is 0 Å². The van der Waals surface area contributed by atoms with Gasteiger partial charge in [0, 0.05) is 12.8 Å². The van der Waals surface area contributed by atoms with Crippen LogP contribution in [0, 0.1) is 0 Å². The van der Waals surface area contributed by atoms with E-state index in [-0.39, 0.29) is 12.8 Å². The number of hydrogen-bond donors (Lipinski definition) is 0. The van der Waals surface area contributed by atoms with Gasteiger partial charge in [-0.1, -0.05) is 24.3 Å². The zero-order valence-corrected chi connectivity index (χ0v) is 13.0. The van der Waals surface area contributed by atoms with E-state index in [1.54, 1.807) is 0 Å². The fraction of sp³-hybridized carbons (Fsp3) is 0.235. The second-order valence-electron chi connectivity index (χ2n) is 5.28. The molecule has 0 aliphatic heterocycles. The highest BCUT2D eigenvalue weighted by Crippen LogP contribution is 2.25. The van der Waals surface area contributed by atoms with Gasteiger partial charge in [-0.2, -0.15) is 0 Å². The summed E-state index contributed by atoms with van der Waals surface area (Å²) >= 11 is 0. The first kappa shape index (κ1) is 19.6. The Morgan fingerprint density at radius 3 is 1.46 bits per heavy atom. The number of ether oxygens (including phenoxy) is 2. The quantitative estimate of drug-likeness (QED) is 0.675. The third kappa shape index (κ3) is 7.04. The number of Topliss-reactive ketones (excluding diaryl/α,β-unsaturated/α-hetero) is 1. The third-order valence-corrected chi connectivity index (χ3v) is 3.07. The molecule has 0 unspecified atom stereocenters. The van der Waals surface area contributed by atoms with Gasteiger partial charge in [-0.05, 0) is 35.4 Å². The van der Waals surface area contributed by atoms with E-state index in [4.69, 9.17) is 0 Å². The van der Waals surface area contributed by atoms with Crippen LogP contribution in [0.4, 0.5) is 26.3 Å². The van der Waals surface area contributed by atoms with Crippen LogP contribution < -0.4 is 9.47 Å². The van der Waals surface area contributed by atoms with Gasteiger partial charge in [-0.3, -0.25) is 4.79 Å². The summed E-state index contributed by atoms with van der Waals surface area (Å²) in [6.45, 7) is 0. The smallest absolute Gasteiger partial charge is 0.406 e. The number of benzene rings is 2. The summed E-state index contributed by atoms with van der Waals surface area (Å²) in [6.07, 6.45) is -10.1. The number of halogens is 6. The Morgan fingerprint density at radius 1 is 0.731 bits per heavy atom. The lowest BCUT2D eigenvalue weighted by molar-refractivity contribution is -0.275. The van der Waals surface area contributed by atoms with Crippen molar-refractivity contribution in [3.8, 4) is 11.5 Å². The van der Waals surface area contributed by atoms with Gasteiger partial charge in [0.15, 0.2) is 0 Å². The van der Waals surface area contributed by atoms with Crippen molar-refractivity contribution in [2.45, 2.75) is 25.6 Å². The standard InChI is InChI=1S/C17H12F6O3/c18-16(19,20)25-14-5-1-3-11(9-14)7-13(24)8-12-4-2-6-15(10-12)26-17(21,22)23/h1-6,9-10H,7-8H2. The average Bonchev–Trinajstić information content (AvgIpc) is 2.43. The lowest BCUT2D eigenvalue weighted by Crippen LogP contribution is -2.17. The number of hydrogen-bond acceptors (Lipinski definition) is 3. The molecule has 0 bridgehead atoms. The predicted molar refractivity (Wildman–Crippen MR) is 78.7 cm³/mol. The number of carbonyl (C=O) groups is 1. The third-order valence-electron chi connectivity index (χ3n) is 3.07. The van der Waals surface area contributed by atoms with Crippen molar-refractivity contribution >= 4 is 5.78 Å². The molecule has 2 rings (SSSR count). The SMILES string of the molecule is O=C(Cc1cccc(OC(F)(F)F)c1)Cc1cccc(OC(F)(F)F)c1. The molecule has 0 aliphatic rings. The molecule has 140 valence electrons. The van der Waals surface area contributed by atoms with Crippen LogP contribution in [0.25, 0.3) is 0 Å². The van der Waals surface area contributed by atoms with Crippen molar-refractivity contribution in [3.63, 3.8) is 0 Å². The zero-order valence-electron chi connectivity index (χ0n) is 13.0. The van der Waals surface area contributed by atoms with Crippen LogP contribution in [0.3, 0.4) is 0 Å². The minimum atomic E-state index is -4.85. The highest BCUT2D eigenvalue weighted by atomic mass is 19.4. The van der Waals surface area contributed by atoms with Gasteiger partial charge in [-0.25, -0.2) is 0 Å². The van der Waals surface area contributed by atoms with Gasteiger partial charge in [0.1, 0.15) is 17.3 Å². The summed E-state index contributed by atoms with van der Waals surface area (Å²) in [5, 5.41) is 0. The van der Waals surface area contributed by atoms with Gasteiger partial charge < -0.3 is 9.47 Å². The molecule has 2 aromatic rings. The molecule has 3 nitrogen and oxygen atoms in total. The van der Waals surface area contributed by atoms with Crippen molar-refractivity contribution in [3.05, 3.63) is 59.7 Å². The first-order valence-corrected chi connectivity index (χ1v) is 7.21. The Hall–Kier alpha value is -2.71. The molecule has 0 fully saturated rings. The fourth-order valence-corrected chi connectivity index (χ4v) is 2.22. The molecule has 0 heterocycles. The van der Waals surface area contributed by atoms with Gasteiger partial charge >= 0.3 is 12.7 Å². The summed E-state index contributed by atoms with van der Waals surface area (Å²) in [7, 11) is 0. The van der Waals surface area contributed by atoms with Crippen molar-refractivity contribution in [1.82, 2.24) is 0 Å². The molecule has 0 aromatic heterocycles. The van der Waals surface area contributed by atoms with E-state index in [2.05, 4.69) is 9.47 Å². The second-order valence-corrected chi connectivity index (χ2v) is 5.28. The minimum absolute atomic E-state index is 0.195. The maximum atomic E-state index is 12.2. The predicted octanol–water partition coefficient (Wildman–Crippen LogP) is 4.84. The monoisotopic (exact) mass is 378 g/mol. The van der Waals surface area contributed by atoms with E-state index in [0.717, 1.165) is 24.3 Å². The zero-order chi connectivity index (χ0) is 19.4. The van der Waals surface area contributed by atoms with Crippen molar-refractivity contribution in [2.75, 3.05) is 0 Å². The van der Waals surface area contributed by atoms with Crippen LogP contribution in [0.1, 0.15) is 11.1 Å². The van der Waals surface area contributed by atoms with Gasteiger partial charge in [0.2, 0.25) is 0 Å². The molecule has 0 saturated heterocycles. The summed E-state index contributed by atoms with van der Waals surface area (Å²) in [6, 6.07) is 9.86. The lowest BCUT2D eigenvalue weighted by atomic mass is 10.0. The number of alkyl halides is 6. The summed E-state index contributed by atoms with van der Waals surface area (Å²) in [5.41, 5.74) is 0.582. The molecule has 0 atom stereocenters. The number of ketones is 1. The van der Waals surface area contributed by atoms with E-state index in [1.807, 2.05) is 0 Å². The minimum Gasteiger partial charge on any atom is -0.406 e. The Morgan fingerprint density at radius 2 is 1.12 bits per heavy atom. The Bertz CT molecular complexity index is 704. The lowest BCUT2D eigenvalue weighted by Gasteiger charge is -2.10. The van der Waals surface area contributed by atoms with Gasteiger partial charge in [0.25, 0.3) is 0 Å². The molecule has 0 amide bonds. The van der Waals surface area contributed by atoms with Crippen molar-refractivity contribution in [2.24, 2.45) is 0 Å². The topological polar surface area (TPSA) is 35.5 Å². The van der Waals surface area contributed by atoms with Crippen LogP contribution in [0.2, 0.25) is 0 Å². The van der Waals surface area contributed by atoms with E-state index in [0.29, 0.717) is 11.1 Å². The molecule has 9 heteroatoms. The summed E-state index contributed by atoms with van der Waals surface area (Å²) < 4.78 is 80.7. The first-order chi connectivity index (χ1) is 12.0. The maximum Gasteiger partial charge on any atom is 0.573 e. The Balaban J connectivity index is 2.01. The molecule has 0 spiro atoms. The molecule has 0 N–H and O–H groups in total. The van der Waals surface area contributed by atoms with Crippen molar-refractivity contribution < 1.29 is 40.6 Å². The number of rotatable bonds is 6. The molecule has 26 heavy (non-hydrogen) atoms. The molecule has 2 aromatic carbocycles. The molecular formula is C17H12F6O3. The molecule has 0 aliphatic carbocycles. The van der Waals surface area contributed by atoms with Crippen LogP contribution >= 0.6 is 0 Å². The maximum absolute atomic E-state index is 12.2. The van der Waals surface area contributed by atoms with Crippen LogP contribution in [0.5, 0.6) is 11.5 Å². The largest absolute Gasteiger partial charge is 0.573 e. The Labute approximate surface area is 144 Å². The molecular weight excluding hydrogens is 366 g/mol. The van der Waals surface area contributed by atoms with Crippen LogP contribution in [0.15, 0.2) is 48.5 Å². The van der Waals surface area contributed by atoms with Crippen LogP contribution in [-0.4, -0.2) is 18.5 Å². The summed E-state index contributed by atoms with van der Waals surface area (Å²) in [4.78, 5) is 12.0. The fourth-order valence-electron chi connectivity index (χ4n) is 2.22. The van der Waals surface area contributed by atoms with E-state index in [1.165, 1.54) is 24.3 Å². The van der Waals surface area contributed by atoms with Crippen LogP contribution in [-0.2, 0) is 17.6 Å². The van der Waals surface area contributed by atoms with E-state index in [9.17, 15) is 31.1 Å². The normalized spacial score (nSPS) is 11.9. The molecule has 0 radical (unpaired) electrons. The highest BCUT2D eigenvalue weighted by molar-refractivity contribution is 5.83. The van der Waals surface area contributed by atoms with Gasteiger partial charge in [0.05, 0.1) is 0 Å². The number of carbonyl (C=O) groups excluding carboxylic acids is 1. The average molecular weight is 378 g/mol. The van der Waals surface area contributed by atoms with Gasteiger partial charge in [-0.15, -0.1) is 26.3 Å². The van der Waals surface area contributed by atoms with Crippen molar-refractivity contribution in [1.29, 1.82) is 0 Å². The Kier molecular flexibility index (Phi) is 5.79.